The van der Waals surface area contributed by atoms with Crippen LogP contribution < -0.4 is 0 Å². The van der Waals surface area contributed by atoms with Crippen molar-refractivity contribution in [3.05, 3.63) is 65.1 Å². The van der Waals surface area contributed by atoms with Gasteiger partial charge in [0.25, 0.3) is 0 Å². The normalized spacial score (nSPS) is 12.6. The first kappa shape index (κ1) is 14.0. The number of aliphatic hydroxyl groups is 1. The number of pyridine rings is 1. The van der Waals surface area contributed by atoms with Crippen molar-refractivity contribution in [2.45, 2.75) is 13.0 Å². The zero-order chi connectivity index (χ0) is 15.0. The molecule has 1 aromatic heterocycles. The molecular weight excluding hydrogens is 289 g/mol. The molecule has 0 radical (unpaired) electrons. The van der Waals surface area contributed by atoms with Crippen LogP contribution >= 0.6 is 11.6 Å². The first-order valence-corrected chi connectivity index (χ1v) is 6.97. The quantitative estimate of drug-likeness (QED) is 0.741. The maximum atomic E-state index is 14.2. The Hall–Kier alpha value is -1.97. The lowest BCUT2D eigenvalue weighted by atomic mass is 9.93. The van der Waals surface area contributed by atoms with Gasteiger partial charge in [0, 0.05) is 22.7 Å². The summed E-state index contributed by atoms with van der Waals surface area (Å²) >= 11 is 6.26. The predicted octanol–water partition coefficient (Wildman–Crippen LogP) is 4.75. The minimum absolute atomic E-state index is 0.353. The molecule has 1 atom stereocenters. The Kier molecular flexibility index (Phi) is 3.62. The SMILES string of the molecule is CC(O)c1cc(Cl)c2cccnc2c1-c1ccccc1F. The summed E-state index contributed by atoms with van der Waals surface area (Å²) < 4.78 is 14.2. The van der Waals surface area contributed by atoms with Gasteiger partial charge in [0.05, 0.1) is 16.6 Å². The van der Waals surface area contributed by atoms with Gasteiger partial charge in [-0.1, -0.05) is 29.8 Å². The standard InChI is InChI=1S/C17H13ClFNO/c1-10(21)13-9-14(18)11-6-4-8-20-17(11)16(13)12-5-2-3-7-15(12)19/h2-10,21H,1H3. The smallest absolute Gasteiger partial charge is 0.131 e. The Morgan fingerprint density at radius 3 is 2.67 bits per heavy atom. The summed E-state index contributed by atoms with van der Waals surface area (Å²) in [4.78, 5) is 4.34. The van der Waals surface area contributed by atoms with Crippen molar-refractivity contribution >= 4 is 22.5 Å². The summed E-state index contributed by atoms with van der Waals surface area (Å²) in [6.07, 6.45) is 0.859. The van der Waals surface area contributed by atoms with Crippen molar-refractivity contribution < 1.29 is 9.50 Å². The van der Waals surface area contributed by atoms with Gasteiger partial charge in [-0.2, -0.15) is 0 Å². The number of hydrogen-bond donors (Lipinski definition) is 1. The Morgan fingerprint density at radius 1 is 1.19 bits per heavy atom. The molecule has 21 heavy (non-hydrogen) atoms. The van der Waals surface area contributed by atoms with Crippen LogP contribution in [0, 0.1) is 5.82 Å². The molecule has 4 heteroatoms. The number of nitrogens with zero attached hydrogens (tertiary/aromatic N) is 1. The van der Waals surface area contributed by atoms with Gasteiger partial charge >= 0.3 is 0 Å². The Bertz CT molecular complexity index is 817. The molecule has 3 aromatic rings. The largest absolute Gasteiger partial charge is 0.389 e. The third kappa shape index (κ3) is 2.39. The van der Waals surface area contributed by atoms with E-state index >= 15 is 0 Å². The molecule has 0 fully saturated rings. The molecule has 1 unspecified atom stereocenters. The van der Waals surface area contributed by atoms with Crippen LogP contribution in [0.15, 0.2) is 48.7 Å². The van der Waals surface area contributed by atoms with Gasteiger partial charge in [0.2, 0.25) is 0 Å². The van der Waals surface area contributed by atoms with E-state index in [0.29, 0.717) is 27.2 Å². The van der Waals surface area contributed by atoms with Gasteiger partial charge in [0.1, 0.15) is 5.82 Å². The van der Waals surface area contributed by atoms with E-state index in [4.69, 9.17) is 11.6 Å². The van der Waals surface area contributed by atoms with Gasteiger partial charge in [-0.3, -0.25) is 4.98 Å². The van der Waals surface area contributed by atoms with E-state index in [-0.39, 0.29) is 5.82 Å². The highest BCUT2D eigenvalue weighted by atomic mass is 35.5. The molecule has 0 saturated carbocycles. The van der Waals surface area contributed by atoms with Crippen molar-refractivity contribution in [2.75, 3.05) is 0 Å². The molecule has 1 N–H and O–H groups in total. The topological polar surface area (TPSA) is 33.1 Å². The molecule has 3 rings (SSSR count). The van der Waals surface area contributed by atoms with Crippen LogP contribution in [0.1, 0.15) is 18.6 Å². The fraction of sp³-hybridized carbons (Fsp3) is 0.118. The van der Waals surface area contributed by atoms with Crippen LogP contribution in [0.5, 0.6) is 0 Å². The second kappa shape index (κ2) is 5.43. The molecule has 2 aromatic carbocycles. The Morgan fingerprint density at radius 2 is 1.95 bits per heavy atom. The van der Waals surface area contributed by atoms with E-state index in [1.807, 2.05) is 6.07 Å². The maximum Gasteiger partial charge on any atom is 0.131 e. The van der Waals surface area contributed by atoms with Crippen LogP contribution in [0.3, 0.4) is 0 Å². The van der Waals surface area contributed by atoms with E-state index in [1.165, 1.54) is 6.07 Å². The van der Waals surface area contributed by atoms with Gasteiger partial charge in [-0.25, -0.2) is 4.39 Å². The molecule has 2 nitrogen and oxygen atoms in total. The van der Waals surface area contributed by atoms with E-state index < -0.39 is 6.10 Å². The van der Waals surface area contributed by atoms with Crippen molar-refractivity contribution in [3.8, 4) is 11.1 Å². The molecule has 0 spiro atoms. The van der Waals surface area contributed by atoms with Crippen molar-refractivity contribution in [2.24, 2.45) is 0 Å². The third-order valence-electron chi connectivity index (χ3n) is 3.47. The van der Waals surface area contributed by atoms with Gasteiger partial charge in [0.15, 0.2) is 0 Å². The zero-order valence-electron chi connectivity index (χ0n) is 11.3. The lowest BCUT2D eigenvalue weighted by Crippen LogP contribution is -1.99. The molecule has 0 bridgehead atoms. The number of aromatic nitrogens is 1. The molecule has 0 saturated heterocycles. The van der Waals surface area contributed by atoms with E-state index in [2.05, 4.69) is 4.98 Å². The average molecular weight is 302 g/mol. The van der Waals surface area contributed by atoms with E-state index in [1.54, 1.807) is 43.5 Å². The molecule has 1 heterocycles. The summed E-state index contributed by atoms with van der Waals surface area (Å²) in [5.74, 6) is -0.353. The van der Waals surface area contributed by atoms with Crippen molar-refractivity contribution in [1.82, 2.24) is 4.98 Å². The molecule has 106 valence electrons. The highest BCUT2D eigenvalue weighted by Crippen LogP contribution is 2.38. The van der Waals surface area contributed by atoms with Crippen molar-refractivity contribution in [3.63, 3.8) is 0 Å². The lowest BCUT2D eigenvalue weighted by Gasteiger charge is -2.16. The average Bonchev–Trinajstić information content (AvgIpc) is 2.48. The molecule has 0 aliphatic heterocycles. The van der Waals surface area contributed by atoms with Crippen LogP contribution in [-0.2, 0) is 0 Å². The lowest BCUT2D eigenvalue weighted by molar-refractivity contribution is 0.200. The minimum Gasteiger partial charge on any atom is -0.389 e. The first-order valence-electron chi connectivity index (χ1n) is 6.59. The van der Waals surface area contributed by atoms with Crippen LogP contribution in [0.2, 0.25) is 5.02 Å². The summed E-state index contributed by atoms with van der Waals surface area (Å²) in [5, 5.41) is 11.3. The zero-order valence-corrected chi connectivity index (χ0v) is 12.1. The second-order valence-corrected chi connectivity index (χ2v) is 5.29. The first-order chi connectivity index (χ1) is 10.1. The fourth-order valence-electron chi connectivity index (χ4n) is 2.50. The van der Waals surface area contributed by atoms with Gasteiger partial charge in [-0.05, 0) is 36.8 Å². The van der Waals surface area contributed by atoms with Crippen LogP contribution in [0.4, 0.5) is 4.39 Å². The molecular formula is C17H13ClFNO. The Balaban J connectivity index is 2.47. The monoisotopic (exact) mass is 301 g/mol. The fourth-order valence-corrected chi connectivity index (χ4v) is 2.77. The highest BCUT2D eigenvalue weighted by Gasteiger charge is 2.19. The summed E-state index contributed by atoms with van der Waals surface area (Å²) in [7, 11) is 0. The number of aliphatic hydroxyl groups excluding tert-OH is 1. The Labute approximate surface area is 126 Å². The van der Waals surface area contributed by atoms with Gasteiger partial charge in [-0.15, -0.1) is 0 Å². The van der Waals surface area contributed by atoms with E-state index in [9.17, 15) is 9.50 Å². The molecule has 0 aliphatic carbocycles. The predicted molar refractivity (Wildman–Crippen MR) is 82.8 cm³/mol. The number of rotatable bonds is 2. The summed E-state index contributed by atoms with van der Waals surface area (Å²) in [5.41, 5.74) is 2.15. The summed E-state index contributed by atoms with van der Waals surface area (Å²) in [6, 6.07) is 11.8. The summed E-state index contributed by atoms with van der Waals surface area (Å²) in [6.45, 7) is 1.63. The minimum atomic E-state index is -0.775. The third-order valence-corrected chi connectivity index (χ3v) is 3.78. The second-order valence-electron chi connectivity index (χ2n) is 4.88. The van der Waals surface area contributed by atoms with Crippen LogP contribution in [0.25, 0.3) is 22.0 Å². The van der Waals surface area contributed by atoms with Gasteiger partial charge < -0.3 is 5.11 Å². The molecule has 0 amide bonds. The van der Waals surface area contributed by atoms with E-state index in [0.717, 1.165) is 5.39 Å². The highest BCUT2D eigenvalue weighted by molar-refractivity contribution is 6.36. The maximum absolute atomic E-state index is 14.2. The van der Waals surface area contributed by atoms with Crippen LogP contribution in [-0.4, -0.2) is 10.1 Å². The number of halogens is 2. The number of benzene rings is 2. The number of hydrogen-bond acceptors (Lipinski definition) is 2. The van der Waals surface area contributed by atoms with Crippen molar-refractivity contribution in [1.29, 1.82) is 0 Å². The number of fused-ring (bicyclic) bond motifs is 1. The molecule has 0 aliphatic rings.